The highest BCUT2D eigenvalue weighted by atomic mass is 16.7. The highest BCUT2D eigenvalue weighted by Gasteiger charge is 2.47. The zero-order valence-electron chi connectivity index (χ0n) is 23.3. The number of fused-ring (bicyclic) bond motifs is 1. The Balaban J connectivity index is 1.47. The summed E-state index contributed by atoms with van der Waals surface area (Å²) in [6, 6.07) is 8.76. The zero-order valence-corrected chi connectivity index (χ0v) is 23.3. The average Bonchev–Trinajstić information content (AvgIpc) is 3.61. The summed E-state index contributed by atoms with van der Waals surface area (Å²) in [7, 11) is 1.54. The number of carboxylic acid groups (broad SMARTS) is 1. The standard InChI is InChI=1S/C30H35N5O6/c1-3-4-12-35(22-6-5-10-31-15-22)27(36)17-34-16-23(20-13-25(39-2)29-26(14-20)40-19-41-29)28(30(37)38)24(34)8-7-21-9-11-32-18-33-21/h5-6,9-11,13-15,18,23-24,28H,3-4,7-8,12,16-17,19H2,1-2H3,(H,37,38)/t23-,24+,28-/m1/s1. The number of carboxylic acids is 1. The number of aryl methyl sites for hydroxylation is 1. The van der Waals surface area contributed by atoms with Crippen LogP contribution in [0.4, 0.5) is 5.69 Å². The van der Waals surface area contributed by atoms with Gasteiger partial charge < -0.3 is 24.2 Å². The van der Waals surface area contributed by atoms with Gasteiger partial charge in [0.2, 0.25) is 18.4 Å². The Bertz CT molecular complexity index is 1340. The van der Waals surface area contributed by atoms with Crippen molar-refractivity contribution >= 4 is 17.6 Å². The van der Waals surface area contributed by atoms with Gasteiger partial charge >= 0.3 is 5.97 Å². The van der Waals surface area contributed by atoms with Gasteiger partial charge in [0.05, 0.1) is 31.5 Å². The van der Waals surface area contributed by atoms with E-state index in [9.17, 15) is 14.7 Å². The number of unbranched alkanes of at least 4 members (excludes halogenated alkanes) is 1. The zero-order chi connectivity index (χ0) is 28.8. The Hall–Kier alpha value is -4.25. The van der Waals surface area contributed by atoms with Crippen LogP contribution in [-0.2, 0) is 16.0 Å². The number of hydrogen-bond donors (Lipinski definition) is 1. The van der Waals surface area contributed by atoms with Gasteiger partial charge in [-0.3, -0.25) is 19.5 Å². The van der Waals surface area contributed by atoms with E-state index < -0.39 is 23.8 Å². The smallest absolute Gasteiger partial charge is 0.308 e. The van der Waals surface area contributed by atoms with Gasteiger partial charge in [0.15, 0.2) is 11.5 Å². The fourth-order valence-corrected chi connectivity index (χ4v) is 5.80. The molecule has 0 radical (unpaired) electrons. The molecule has 216 valence electrons. The summed E-state index contributed by atoms with van der Waals surface area (Å²) in [5.74, 6) is -0.641. The number of carbonyl (C=O) groups excluding carboxylic acids is 1. The number of nitrogens with zero attached hydrogens (tertiary/aromatic N) is 5. The van der Waals surface area contributed by atoms with Crippen molar-refractivity contribution in [2.75, 3.05) is 38.4 Å². The second-order valence-corrected chi connectivity index (χ2v) is 10.3. The highest BCUT2D eigenvalue weighted by molar-refractivity contribution is 5.94. The molecule has 1 N–H and O–H groups in total. The largest absolute Gasteiger partial charge is 0.493 e. The molecule has 41 heavy (non-hydrogen) atoms. The number of carbonyl (C=O) groups is 2. The van der Waals surface area contributed by atoms with Crippen molar-refractivity contribution in [3.05, 3.63) is 66.5 Å². The van der Waals surface area contributed by atoms with Gasteiger partial charge in [-0.05, 0) is 55.2 Å². The Morgan fingerprint density at radius 3 is 2.78 bits per heavy atom. The second-order valence-electron chi connectivity index (χ2n) is 10.3. The fourth-order valence-electron chi connectivity index (χ4n) is 5.80. The number of amides is 1. The van der Waals surface area contributed by atoms with E-state index in [-0.39, 0.29) is 19.2 Å². The number of benzene rings is 1. The lowest BCUT2D eigenvalue weighted by Crippen LogP contribution is -2.44. The first-order chi connectivity index (χ1) is 20.0. The van der Waals surface area contributed by atoms with Gasteiger partial charge in [-0.15, -0.1) is 0 Å². The Kier molecular flexibility index (Phi) is 8.93. The molecule has 2 aliphatic heterocycles. The number of rotatable bonds is 12. The number of pyridine rings is 1. The van der Waals surface area contributed by atoms with E-state index in [1.807, 2.05) is 35.2 Å². The minimum Gasteiger partial charge on any atom is -0.493 e. The molecule has 3 atom stereocenters. The first kappa shape index (κ1) is 28.3. The van der Waals surface area contributed by atoms with E-state index in [1.54, 1.807) is 30.6 Å². The predicted octanol–water partition coefficient (Wildman–Crippen LogP) is 3.54. The Morgan fingerprint density at radius 2 is 2.07 bits per heavy atom. The second kappa shape index (κ2) is 12.9. The summed E-state index contributed by atoms with van der Waals surface area (Å²) in [6.45, 7) is 3.18. The number of likely N-dealkylation sites (tertiary alicyclic amines) is 1. The molecule has 0 spiro atoms. The number of methoxy groups -OCH3 is 1. The maximum Gasteiger partial charge on any atom is 0.308 e. The summed E-state index contributed by atoms with van der Waals surface area (Å²) < 4.78 is 16.7. The van der Waals surface area contributed by atoms with Crippen molar-refractivity contribution in [2.45, 2.75) is 44.6 Å². The van der Waals surface area contributed by atoms with Crippen molar-refractivity contribution in [2.24, 2.45) is 5.92 Å². The minimum absolute atomic E-state index is 0.0757. The molecule has 1 fully saturated rings. The van der Waals surface area contributed by atoms with Crippen molar-refractivity contribution in [1.82, 2.24) is 19.9 Å². The van der Waals surface area contributed by atoms with Crippen LogP contribution in [0.3, 0.4) is 0 Å². The van der Waals surface area contributed by atoms with Crippen molar-refractivity contribution in [3.63, 3.8) is 0 Å². The summed E-state index contributed by atoms with van der Waals surface area (Å²) in [5, 5.41) is 10.5. The maximum absolute atomic E-state index is 13.8. The van der Waals surface area contributed by atoms with E-state index in [1.165, 1.54) is 6.33 Å². The van der Waals surface area contributed by atoms with Crippen LogP contribution < -0.4 is 19.1 Å². The number of anilines is 1. The van der Waals surface area contributed by atoms with Crippen LogP contribution in [0.15, 0.2) is 55.2 Å². The summed E-state index contributed by atoms with van der Waals surface area (Å²) in [5.41, 5.74) is 2.33. The predicted molar refractivity (Wildman–Crippen MR) is 150 cm³/mol. The number of ether oxygens (including phenoxy) is 3. The molecule has 3 aromatic rings. The third-order valence-corrected chi connectivity index (χ3v) is 7.81. The quantitative estimate of drug-likeness (QED) is 0.351. The van der Waals surface area contributed by atoms with Gasteiger partial charge in [0, 0.05) is 43.1 Å². The molecule has 0 unspecified atom stereocenters. The van der Waals surface area contributed by atoms with Crippen LogP contribution in [0.1, 0.15) is 43.4 Å². The lowest BCUT2D eigenvalue weighted by molar-refractivity contribution is -0.143. The van der Waals surface area contributed by atoms with Crippen molar-refractivity contribution < 1.29 is 28.9 Å². The first-order valence-electron chi connectivity index (χ1n) is 13.9. The van der Waals surface area contributed by atoms with Gasteiger partial charge in [-0.25, -0.2) is 9.97 Å². The van der Waals surface area contributed by atoms with Crippen LogP contribution in [0.5, 0.6) is 17.2 Å². The van der Waals surface area contributed by atoms with E-state index in [4.69, 9.17) is 14.2 Å². The topological polar surface area (TPSA) is 127 Å². The molecule has 2 aliphatic rings. The molecule has 4 heterocycles. The van der Waals surface area contributed by atoms with E-state index in [0.29, 0.717) is 43.2 Å². The molecular formula is C30H35N5O6. The Labute approximate surface area is 239 Å². The summed E-state index contributed by atoms with van der Waals surface area (Å²) >= 11 is 0. The van der Waals surface area contributed by atoms with Crippen LogP contribution in [-0.4, -0.2) is 76.4 Å². The first-order valence-corrected chi connectivity index (χ1v) is 13.9. The normalized spacial score (nSPS) is 19.7. The monoisotopic (exact) mass is 561 g/mol. The van der Waals surface area contributed by atoms with Crippen molar-refractivity contribution in [3.8, 4) is 17.2 Å². The lowest BCUT2D eigenvalue weighted by atomic mass is 9.83. The molecule has 0 bridgehead atoms. The Morgan fingerprint density at radius 1 is 1.20 bits per heavy atom. The summed E-state index contributed by atoms with van der Waals surface area (Å²) in [6.07, 6.45) is 9.38. The third kappa shape index (κ3) is 6.25. The fraction of sp³-hybridized carbons (Fsp3) is 0.433. The molecule has 1 saturated heterocycles. The van der Waals surface area contributed by atoms with E-state index in [2.05, 4.69) is 21.9 Å². The molecule has 2 aromatic heterocycles. The van der Waals surface area contributed by atoms with Crippen LogP contribution in [0.2, 0.25) is 0 Å². The van der Waals surface area contributed by atoms with Crippen LogP contribution in [0, 0.1) is 5.92 Å². The SMILES string of the molecule is CCCCN(C(=O)CN1C[C@H](c2cc(OC)c3c(c2)OCO3)[C@@H](C(=O)O)[C@@H]1CCc1ccncn1)c1cccnc1. The summed E-state index contributed by atoms with van der Waals surface area (Å²) in [4.78, 5) is 43.0. The molecule has 11 heteroatoms. The van der Waals surface area contributed by atoms with Gasteiger partial charge in [0.1, 0.15) is 6.33 Å². The maximum atomic E-state index is 13.8. The van der Waals surface area contributed by atoms with Gasteiger partial charge in [0.25, 0.3) is 0 Å². The highest BCUT2D eigenvalue weighted by Crippen LogP contribution is 2.47. The molecule has 1 amide bonds. The number of hydrogen-bond acceptors (Lipinski definition) is 9. The van der Waals surface area contributed by atoms with Crippen LogP contribution in [0.25, 0.3) is 0 Å². The average molecular weight is 562 g/mol. The van der Waals surface area contributed by atoms with E-state index >= 15 is 0 Å². The molecule has 0 saturated carbocycles. The number of aliphatic carboxylic acids is 1. The van der Waals surface area contributed by atoms with E-state index in [0.717, 1.165) is 29.8 Å². The third-order valence-electron chi connectivity index (χ3n) is 7.81. The molecular weight excluding hydrogens is 526 g/mol. The number of aromatic nitrogens is 3. The van der Waals surface area contributed by atoms with Gasteiger partial charge in [-0.2, -0.15) is 0 Å². The van der Waals surface area contributed by atoms with Gasteiger partial charge in [-0.1, -0.05) is 13.3 Å². The molecule has 0 aliphatic carbocycles. The minimum atomic E-state index is -0.913. The molecule has 11 nitrogen and oxygen atoms in total. The lowest BCUT2D eigenvalue weighted by Gasteiger charge is -2.29. The molecule has 1 aromatic carbocycles. The van der Waals surface area contributed by atoms with Crippen LogP contribution >= 0.6 is 0 Å². The molecule has 5 rings (SSSR count). The van der Waals surface area contributed by atoms with Crippen molar-refractivity contribution in [1.29, 1.82) is 0 Å².